The molecule has 0 aliphatic rings. The normalized spacial score (nSPS) is 11.8. The highest BCUT2D eigenvalue weighted by Crippen LogP contribution is 2.05. The summed E-state index contributed by atoms with van der Waals surface area (Å²) in [5.74, 6) is 0.808. The zero-order valence-corrected chi connectivity index (χ0v) is 16.0. The van der Waals surface area contributed by atoms with Crippen molar-refractivity contribution in [3.63, 3.8) is 0 Å². The first-order valence-electron chi connectivity index (χ1n) is 7.02. The minimum atomic E-state index is -0.200. The predicted molar refractivity (Wildman–Crippen MR) is 101 cm³/mol. The molecule has 0 atom stereocenters. The van der Waals surface area contributed by atoms with Crippen molar-refractivity contribution in [1.29, 1.82) is 0 Å². The molecule has 0 fully saturated rings. The maximum Gasteiger partial charge on any atom is 0.191 e. The molecule has 4 nitrogen and oxygen atoms in total. The summed E-state index contributed by atoms with van der Waals surface area (Å²) in [6.07, 6.45) is 0.982. The van der Waals surface area contributed by atoms with Gasteiger partial charge in [-0.25, -0.2) is 0 Å². The van der Waals surface area contributed by atoms with Crippen LogP contribution in [0.4, 0.5) is 0 Å². The first-order valence-corrected chi connectivity index (χ1v) is 7.02. The number of methoxy groups -OCH3 is 1. The molecule has 2 N–H and O–H groups in total. The molecule has 1 aromatic carbocycles. The van der Waals surface area contributed by atoms with Crippen LogP contribution >= 0.6 is 24.0 Å². The van der Waals surface area contributed by atoms with E-state index in [9.17, 15) is 0 Å². The van der Waals surface area contributed by atoms with Gasteiger partial charge in [-0.2, -0.15) is 0 Å². The highest BCUT2D eigenvalue weighted by molar-refractivity contribution is 14.0. The van der Waals surface area contributed by atoms with Crippen LogP contribution < -0.4 is 10.6 Å². The molecule has 0 bridgehead atoms. The van der Waals surface area contributed by atoms with E-state index < -0.39 is 0 Å². The number of nitrogens with one attached hydrogen (secondary N) is 2. The van der Waals surface area contributed by atoms with E-state index in [0.29, 0.717) is 6.54 Å². The number of rotatable bonds is 6. The monoisotopic (exact) mass is 405 g/mol. The molecule has 0 saturated carbocycles. The van der Waals surface area contributed by atoms with Crippen molar-refractivity contribution >= 4 is 29.9 Å². The molecule has 21 heavy (non-hydrogen) atoms. The summed E-state index contributed by atoms with van der Waals surface area (Å²) < 4.78 is 5.37. The zero-order chi connectivity index (χ0) is 15.0. The van der Waals surface area contributed by atoms with E-state index in [4.69, 9.17) is 4.74 Å². The summed E-state index contributed by atoms with van der Waals surface area (Å²) in [4.78, 5) is 4.21. The van der Waals surface area contributed by atoms with Crippen LogP contribution in [0.3, 0.4) is 0 Å². The molecule has 0 spiro atoms. The number of halogens is 1. The number of benzene rings is 1. The molecule has 0 amide bonds. The Morgan fingerprint density at radius 2 is 2.00 bits per heavy atom. The summed E-state index contributed by atoms with van der Waals surface area (Å²) in [6.45, 7) is 7.77. The van der Waals surface area contributed by atoms with Crippen LogP contribution in [0, 0.1) is 6.92 Å². The fourth-order valence-electron chi connectivity index (χ4n) is 1.78. The maximum atomic E-state index is 5.37. The topological polar surface area (TPSA) is 45.7 Å². The van der Waals surface area contributed by atoms with Gasteiger partial charge in [0.15, 0.2) is 5.96 Å². The summed E-state index contributed by atoms with van der Waals surface area (Å²) in [6, 6.07) is 8.58. The molecule has 1 rings (SSSR count). The zero-order valence-electron chi connectivity index (χ0n) is 13.7. The second-order valence-corrected chi connectivity index (χ2v) is 5.56. The Morgan fingerprint density at radius 3 is 2.57 bits per heavy atom. The number of ether oxygens (including phenoxy) is 1. The largest absolute Gasteiger partial charge is 0.377 e. The quantitative estimate of drug-likeness (QED) is 0.435. The van der Waals surface area contributed by atoms with Crippen LogP contribution in [0.15, 0.2) is 29.3 Å². The van der Waals surface area contributed by atoms with E-state index in [0.717, 1.165) is 18.9 Å². The van der Waals surface area contributed by atoms with Gasteiger partial charge in [0.2, 0.25) is 0 Å². The van der Waals surface area contributed by atoms with Crippen LogP contribution in [0.2, 0.25) is 0 Å². The van der Waals surface area contributed by atoms with Crippen molar-refractivity contribution in [1.82, 2.24) is 10.6 Å². The fourth-order valence-corrected chi connectivity index (χ4v) is 1.78. The third-order valence-corrected chi connectivity index (χ3v) is 3.25. The Kier molecular flexibility index (Phi) is 9.61. The van der Waals surface area contributed by atoms with Gasteiger partial charge in [0.25, 0.3) is 0 Å². The number of hydrogen-bond acceptors (Lipinski definition) is 2. The van der Waals surface area contributed by atoms with Gasteiger partial charge in [0, 0.05) is 27.2 Å². The summed E-state index contributed by atoms with van der Waals surface area (Å²) in [7, 11) is 3.50. The van der Waals surface area contributed by atoms with Crippen LogP contribution in [0.5, 0.6) is 0 Å². The van der Waals surface area contributed by atoms with Gasteiger partial charge in [-0.3, -0.25) is 4.99 Å². The van der Waals surface area contributed by atoms with E-state index >= 15 is 0 Å². The van der Waals surface area contributed by atoms with Crippen molar-refractivity contribution in [2.45, 2.75) is 32.8 Å². The standard InChI is InChI=1S/C16H27N3O.HI/c1-13-7-6-8-14(11-13)9-10-18-15(17-4)19-12-16(2,3)20-5;/h6-8,11H,9-10,12H2,1-5H3,(H2,17,18,19);1H. The molecule has 120 valence electrons. The predicted octanol–water partition coefficient (Wildman–Crippen LogP) is 2.75. The number of nitrogens with zero attached hydrogens (tertiary/aromatic N) is 1. The number of aryl methyl sites for hydroxylation is 1. The van der Waals surface area contributed by atoms with E-state index in [1.165, 1.54) is 11.1 Å². The van der Waals surface area contributed by atoms with Gasteiger partial charge in [-0.05, 0) is 32.8 Å². The first-order chi connectivity index (χ1) is 9.46. The Balaban J connectivity index is 0.00000400. The van der Waals surface area contributed by atoms with Gasteiger partial charge >= 0.3 is 0 Å². The highest BCUT2D eigenvalue weighted by Gasteiger charge is 2.16. The van der Waals surface area contributed by atoms with Crippen molar-refractivity contribution in [3.8, 4) is 0 Å². The van der Waals surface area contributed by atoms with E-state index in [-0.39, 0.29) is 29.6 Å². The van der Waals surface area contributed by atoms with Gasteiger partial charge in [-0.1, -0.05) is 29.8 Å². The van der Waals surface area contributed by atoms with Crippen LogP contribution in [0.1, 0.15) is 25.0 Å². The molecule has 0 heterocycles. The fraction of sp³-hybridized carbons (Fsp3) is 0.562. The number of aliphatic imine (C=N–C) groups is 1. The maximum absolute atomic E-state index is 5.37. The SMILES string of the molecule is CN=C(NCCc1cccc(C)c1)NCC(C)(C)OC.I. The van der Waals surface area contributed by atoms with Crippen LogP contribution in [-0.4, -0.2) is 38.8 Å². The smallest absolute Gasteiger partial charge is 0.191 e. The lowest BCUT2D eigenvalue weighted by atomic mass is 10.1. The molecule has 5 heteroatoms. The van der Waals surface area contributed by atoms with Gasteiger partial charge in [-0.15, -0.1) is 24.0 Å². The summed E-state index contributed by atoms with van der Waals surface area (Å²) in [5, 5.41) is 6.59. The molecule has 0 aliphatic heterocycles. The molecule has 1 aromatic rings. The van der Waals surface area contributed by atoms with E-state index in [1.54, 1.807) is 14.2 Å². The lowest BCUT2D eigenvalue weighted by Crippen LogP contribution is -2.45. The summed E-state index contributed by atoms with van der Waals surface area (Å²) in [5.41, 5.74) is 2.44. The Bertz CT molecular complexity index is 447. The van der Waals surface area contributed by atoms with E-state index in [2.05, 4.69) is 46.8 Å². The van der Waals surface area contributed by atoms with Crippen LogP contribution in [0.25, 0.3) is 0 Å². The Hall–Kier alpha value is -0.820. The molecule has 0 aromatic heterocycles. The van der Waals surface area contributed by atoms with Crippen molar-refractivity contribution in [2.24, 2.45) is 4.99 Å². The van der Waals surface area contributed by atoms with Gasteiger partial charge < -0.3 is 15.4 Å². The number of hydrogen-bond donors (Lipinski definition) is 2. The third-order valence-electron chi connectivity index (χ3n) is 3.25. The average Bonchev–Trinajstić information content (AvgIpc) is 2.42. The first kappa shape index (κ1) is 20.2. The molecular formula is C16H28IN3O. The van der Waals surface area contributed by atoms with Crippen LogP contribution in [-0.2, 0) is 11.2 Å². The molecule has 0 saturated heterocycles. The van der Waals surface area contributed by atoms with E-state index in [1.807, 2.05) is 13.8 Å². The molecular weight excluding hydrogens is 377 g/mol. The average molecular weight is 405 g/mol. The molecule has 0 unspecified atom stereocenters. The number of guanidine groups is 1. The lowest BCUT2D eigenvalue weighted by molar-refractivity contribution is 0.0268. The Labute approximate surface area is 145 Å². The van der Waals surface area contributed by atoms with Gasteiger partial charge in [0.1, 0.15) is 0 Å². The van der Waals surface area contributed by atoms with Gasteiger partial charge in [0.05, 0.1) is 5.60 Å². The second-order valence-electron chi connectivity index (χ2n) is 5.56. The second kappa shape index (κ2) is 10.00. The van der Waals surface area contributed by atoms with Crippen molar-refractivity contribution in [3.05, 3.63) is 35.4 Å². The Morgan fingerprint density at radius 1 is 1.29 bits per heavy atom. The van der Waals surface area contributed by atoms with Crippen molar-refractivity contribution in [2.75, 3.05) is 27.2 Å². The highest BCUT2D eigenvalue weighted by atomic mass is 127. The molecule has 0 aliphatic carbocycles. The van der Waals surface area contributed by atoms with Crippen molar-refractivity contribution < 1.29 is 4.74 Å². The lowest BCUT2D eigenvalue weighted by Gasteiger charge is -2.24. The summed E-state index contributed by atoms with van der Waals surface area (Å²) >= 11 is 0. The third kappa shape index (κ3) is 8.26. The minimum absolute atomic E-state index is 0. The minimum Gasteiger partial charge on any atom is -0.377 e. The molecule has 0 radical (unpaired) electrons.